The molecular weight excluding hydrogens is 271 g/mol. The zero-order valence-electron chi connectivity index (χ0n) is 9.48. The summed E-state index contributed by atoms with van der Waals surface area (Å²) in [5.41, 5.74) is 4.45. The smallest absolute Gasteiger partial charge is 0.115 e. The van der Waals surface area contributed by atoms with Gasteiger partial charge in [-0.15, -0.1) is 0 Å². The van der Waals surface area contributed by atoms with Crippen LogP contribution in [0.25, 0.3) is 0 Å². The zero-order valence-corrected chi connectivity index (χ0v) is 11.0. The van der Waals surface area contributed by atoms with Crippen molar-refractivity contribution in [1.82, 2.24) is 15.4 Å². The van der Waals surface area contributed by atoms with Gasteiger partial charge in [-0.3, -0.25) is 11.3 Å². The second kappa shape index (κ2) is 6.11. The van der Waals surface area contributed by atoms with Gasteiger partial charge >= 0.3 is 0 Å². The molecule has 1 aromatic carbocycles. The number of halogens is 2. The third-order valence-corrected chi connectivity index (χ3v) is 3.48. The van der Waals surface area contributed by atoms with Crippen LogP contribution in [0.3, 0.4) is 0 Å². The number of nitrogens with zero attached hydrogens (tertiary/aromatic N) is 2. The number of aromatic nitrogens is 2. The second-order valence-corrected chi connectivity index (χ2v) is 4.56. The minimum atomic E-state index is -0.135. The highest BCUT2D eigenvalue weighted by Gasteiger charge is 2.14. The molecule has 1 atom stereocenters. The third-order valence-electron chi connectivity index (χ3n) is 2.62. The van der Waals surface area contributed by atoms with Gasteiger partial charge in [0.05, 0.1) is 21.8 Å². The highest BCUT2D eigenvalue weighted by atomic mass is 35.5. The molecule has 0 radical (unpaired) electrons. The highest BCUT2D eigenvalue weighted by molar-refractivity contribution is 6.42. The summed E-state index contributed by atoms with van der Waals surface area (Å²) in [7, 11) is 0. The van der Waals surface area contributed by atoms with Crippen molar-refractivity contribution in [3.8, 4) is 0 Å². The fourth-order valence-electron chi connectivity index (χ4n) is 1.68. The SMILES string of the molecule is NNC(Cc1cccc(Cl)c1Cl)c1ccncn1. The van der Waals surface area contributed by atoms with E-state index in [9.17, 15) is 0 Å². The van der Waals surface area contributed by atoms with E-state index < -0.39 is 0 Å². The molecule has 3 N–H and O–H groups in total. The van der Waals surface area contributed by atoms with Crippen LogP contribution in [0.1, 0.15) is 17.3 Å². The number of hydrazine groups is 1. The molecule has 4 nitrogen and oxygen atoms in total. The van der Waals surface area contributed by atoms with Crippen LogP contribution < -0.4 is 11.3 Å². The van der Waals surface area contributed by atoms with Crippen LogP contribution in [0.5, 0.6) is 0 Å². The summed E-state index contributed by atoms with van der Waals surface area (Å²) < 4.78 is 0. The average molecular weight is 283 g/mol. The molecule has 94 valence electrons. The second-order valence-electron chi connectivity index (χ2n) is 3.77. The highest BCUT2D eigenvalue weighted by Crippen LogP contribution is 2.28. The summed E-state index contributed by atoms with van der Waals surface area (Å²) in [5.74, 6) is 5.55. The summed E-state index contributed by atoms with van der Waals surface area (Å²) in [6.45, 7) is 0. The van der Waals surface area contributed by atoms with E-state index in [1.165, 1.54) is 6.33 Å². The average Bonchev–Trinajstić information content (AvgIpc) is 2.41. The van der Waals surface area contributed by atoms with Gasteiger partial charge in [0, 0.05) is 6.20 Å². The van der Waals surface area contributed by atoms with Crippen molar-refractivity contribution in [2.75, 3.05) is 0 Å². The fourth-order valence-corrected chi connectivity index (χ4v) is 2.08. The van der Waals surface area contributed by atoms with Crippen LogP contribution in [0.4, 0.5) is 0 Å². The first-order chi connectivity index (χ1) is 8.72. The third kappa shape index (κ3) is 2.97. The Balaban J connectivity index is 2.24. The quantitative estimate of drug-likeness (QED) is 0.668. The first kappa shape index (κ1) is 13.2. The van der Waals surface area contributed by atoms with Gasteiger partial charge in [-0.1, -0.05) is 35.3 Å². The summed E-state index contributed by atoms with van der Waals surface area (Å²) in [6.07, 6.45) is 3.76. The minimum absolute atomic E-state index is 0.135. The van der Waals surface area contributed by atoms with E-state index in [1.54, 1.807) is 12.3 Å². The molecule has 0 aliphatic rings. The lowest BCUT2D eigenvalue weighted by Crippen LogP contribution is -2.30. The molecule has 6 heteroatoms. The first-order valence-corrected chi connectivity index (χ1v) is 6.13. The molecule has 1 aromatic heterocycles. The molecule has 18 heavy (non-hydrogen) atoms. The van der Waals surface area contributed by atoms with E-state index in [4.69, 9.17) is 29.0 Å². The Bertz CT molecular complexity index is 519. The molecule has 2 rings (SSSR count). The monoisotopic (exact) mass is 282 g/mol. The van der Waals surface area contributed by atoms with Crippen molar-refractivity contribution in [1.29, 1.82) is 0 Å². The maximum atomic E-state index is 6.15. The number of benzene rings is 1. The number of hydrogen-bond donors (Lipinski definition) is 2. The van der Waals surface area contributed by atoms with Gasteiger partial charge in [-0.2, -0.15) is 0 Å². The van der Waals surface area contributed by atoms with Crippen LogP contribution in [0.2, 0.25) is 10.0 Å². The van der Waals surface area contributed by atoms with Gasteiger partial charge in [-0.25, -0.2) is 9.97 Å². The number of nitrogens with two attached hydrogens (primary N) is 1. The normalized spacial score (nSPS) is 12.4. The molecule has 0 saturated heterocycles. The van der Waals surface area contributed by atoms with Crippen LogP contribution in [-0.2, 0) is 6.42 Å². The van der Waals surface area contributed by atoms with Crippen molar-refractivity contribution < 1.29 is 0 Å². The van der Waals surface area contributed by atoms with E-state index in [2.05, 4.69) is 15.4 Å². The number of rotatable bonds is 4. The van der Waals surface area contributed by atoms with Crippen LogP contribution in [0.15, 0.2) is 36.8 Å². The maximum Gasteiger partial charge on any atom is 0.115 e. The largest absolute Gasteiger partial charge is 0.271 e. The first-order valence-electron chi connectivity index (χ1n) is 5.37. The lowest BCUT2D eigenvalue weighted by molar-refractivity contribution is 0.537. The Labute approximate surface area is 115 Å². The van der Waals surface area contributed by atoms with E-state index in [0.717, 1.165) is 11.3 Å². The van der Waals surface area contributed by atoms with E-state index in [1.807, 2.05) is 18.2 Å². The van der Waals surface area contributed by atoms with Gasteiger partial charge in [0.1, 0.15) is 6.33 Å². The molecule has 1 unspecified atom stereocenters. The lowest BCUT2D eigenvalue weighted by atomic mass is 10.0. The van der Waals surface area contributed by atoms with Crippen LogP contribution in [0, 0.1) is 0 Å². The summed E-state index contributed by atoms with van der Waals surface area (Å²) in [5, 5.41) is 1.08. The number of nitrogens with one attached hydrogen (secondary N) is 1. The fraction of sp³-hybridized carbons (Fsp3) is 0.167. The Kier molecular flexibility index (Phi) is 4.49. The minimum Gasteiger partial charge on any atom is -0.271 e. The maximum absolute atomic E-state index is 6.15. The van der Waals surface area contributed by atoms with Crippen LogP contribution in [-0.4, -0.2) is 9.97 Å². The summed E-state index contributed by atoms with van der Waals surface area (Å²) in [6, 6.07) is 7.20. The van der Waals surface area contributed by atoms with Gasteiger partial charge < -0.3 is 0 Å². The molecule has 1 heterocycles. The van der Waals surface area contributed by atoms with Gasteiger partial charge in [0.25, 0.3) is 0 Å². The molecule has 0 bridgehead atoms. The Hall–Kier alpha value is -1.20. The molecule has 0 fully saturated rings. The van der Waals surface area contributed by atoms with Gasteiger partial charge in [0.15, 0.2) is 0 Å². The number of hydrogen-bond acceptors (Lipinski definition) is 4. The predicted molar refractivity (Wildman–Crippen MR) is 72.3 cm³/mol. The molecule has 0 spiro atoms. The lowest BCUT2D eigenvalue weighted by Gasteiger charge is -2.16. The molecular formula is C12H12Cl2N4. The molecule has 2 aromatic rings. The Morgan fingerprint density at radius 1 is 1.28 bits per heavy atom. The zero-order chi connectivity index (χ0) is 13.0. The standard InChI is InChI=1S/C12H12Cl2N4/c13-9-3-1-2-8(12(9)14)6-11(18-15)10-4-5-16-7-17-10/h1-5,7,11,18H,6,15H2. The van der Waals surface area contributed by atoms with Gasteiger partial charge in [-0.05, 0) is 24.1 Å². The molecule has 0 aliphatic heterocycles. The van der Waals surface area contributed by atoms with Crippen molar-refractivity contribution in [3.63, 3.8) is 0 Å². The Morgan fingerprint density at radius 3 is 2.78 bits per heavy atom. The van der Waals surface area contributed by atoms with Crippen molar-refractivity contribution in [2.45, 2.75) is 12.5 Å². The topological polar surface area (TPSA) is 63.8 Å². The van der Waals surface area contributed by atoms with Gasteiger partial charge in [0.2, 0.25) is 0 Å². The molecule has 0 amide bonds. The van der Waals surface area contributed by atoms with Crippen molar-refractivity contribution >= 4 is 23.2 Å². The van der Waals surface area contributed by atoms with E-state index in [0.29, 0.717) is 16.5 Å². The van der Waals surface area contributed by atoms with E-state index in [-0.39, 0.29) is 6.04 Å². The predicted octanol–water partition coefficient (Wildman–Crippen LogP) is 2.53. The molecule has 0 saturated carbocycles. The summed E-state index contributed by atoms with van der Waals surface area (Å²) in [4.78, 5) is 8.04. The van der Waals surface area contributed by atoms with Crippen LogP contribution >= 0.6 is 23.2 Å². The van der Waals surface area contributed by atoms with Crippen molar-refractivity contribution in [3.05, 3.63) is 58.1 Å². The Morgan fingerprint density at radius 2 is 2.11 bits per heavy atom. The molecule has 0 aliphatic carbocycles. The summed E-state index contributed by atoms with van der Waals surface area (Å²) >= 11 is 12.1. The van der Waals surface area contributed by atoms with Crippen molar-refractivity contribution in [2.24, 2.45) is 5.84 Å². The van der Waals surface area contributed by atoms with E-state index >= 15 is 0 Å².